The zero-order chi connectivity index (χ0) is 13.5. The van der Waals surface area contributed by atoms with Crippen LogP contribution in [0.3, 0.4) is 0 Å². The van der Waals surface area contributed by atoms with Crippen LogP contribution >= 0.6 is 12.2 Å². The van der Waals surface area contributed by atoms with Crippen molar-refractivity contribution < 1.29 is 8.42 Å². The Morgan fingerprint density at radius 2 is 1.89 bits per heavy atom. The Bertz CT molecular complexity index is 563. The number of sulfone groups is 1. The second-order valence-corrected chi connectivity index (χ2v) is 7.52. The highest BCUT2D eigenvalue weighted by molar-refractivity contribution is 7.91. The molecule has 1 aliphatic rings. The fraction of sp³-hybridized carbons (Fsp3) is 0.462. The first-order valence-electron chi connectivity index (χ1n) is 5.93. The van der Waals surface area contributed by atoms with Gasteiger partial charge in [0, 0.05) is 18.1 Å². The monoisotopic (exact) mass is 283 g/mol. The van der Waals surface area contributed by atoms with E-state index < -0.39 is 15.1 Å². The highest BCUT2D eigenvalue weighted by Gasteiger charge is 2.58. The molecule has 1 aromatic carbocycles. The Morgan fingerprint density at radius 3 is 2.22 bits per heavy atom. The Balaban J connectivity index is 2.30. The number of benzene rings is 1. The third-order valence-electron chi connectivity index (χ3n) is 3.55. The largest absolute Gasteiger partial charge is 0.393 e. The van der Waals surface area contributed by atoms with E-state index in [1.165, 1.54) is 11.8 Å². The van der Waals surface area contributed by atoms with E-state index in [9.17, 15) is 8.42 Å². The van der Waals surface area contributed by atoms with Gasteiger partial charge in [0.25, 0.3) is 0 Å². The molecule has 0 aromatic heterocycles. The Morgan fingerprint density at radius 1 is 1.33 bits per heavy atom. The van der Waals surface area contributed by atoms with Crippen molar-refractivity contribution in [1.29, 1.82) is 0 Å². The molecule has 0 saturated heterocycles. The summed E-state index contributed by atoms with van der Waals surface area (Å²) in [6, 6.07) is 8.03. The molecule has 1 saturated carbocycles. The molecule has 0 bridgehead atoms. The van der Waals surface area contributed by atoms with Crippen molar-refractivity contribution in [1.82, 2.24) is 0 Å². The minimum absolute atomic E-state index is 0.0663. The standard InChI is InChI=1S/C13H17NO2S2/c1-3-8-4-6-9(7-5-8)10-11(13(14)17)12(10)18(2,15)16/h4-7,10-12H,3H2,1-2H3,(H2,14,17)/t10-,11-,12+/m1/s1. The number of thiocarbonyl (C=S) groups is 1. The van der Waals surface area contributed by atoms with Crippen molar-refractivity contribution in [3.05, 3.63) is 35.4 Å². The van der Waals surface area contributed by atoms with Crippen LogP contribution in [-0.4, -0.2) is 24.9 Å². The molecular weight excluding hydrogens is 266 g/mol. The van der Waals surface area contributed by atoms with Crippen molar-refractivity contribution in [3.63, 3.8) is 0 Å². The molecule has 3 atom stereocenters. The summed E-state index contributed by atoms with van der Waals surface area (Å²) in [5.41, 5.74) is 7.89. The topological polar surface area (TPSA) is 60.2 Å². The van der Waals surface area contributed by atoms with E-state index in [4.69, 9.17) is 18.0 Å². The Hall–Kier alpha value is -0.940. The molecule has 0 amide bonds. The van der Waals surface area contributed by atoms with Gasteiger partial charge in [-0.3, -0.25) is 0 Å². The molecule has 1 fully saturated rings. The van der Waals surface area contributed by atoms with Gasteiger partial charge >= 0.3 is 0 Å². The fourth-order valence-electron chi connectivity index (χ4n) is 2.53. The van der Waals surface area contributed by atoms with Gasteiger partial charge in [0.15, 0.2) is 9.84 Å². The van der Waals surface area contributed by atoms with Crippen molar-refractivity contribution >= 4 is 27.0 Å². The molecule has 0 radical (unpaired) electrons. The average molecular weight is 283 g/mol. The van der Waals surface area contributed by atoms with Gasteiger partial charge in [-0.05, 0) is 17.5 Å². The number of hydrogen-bond acceptors (Lipinski definition) is 3. The van der Waals surface area contributed by atoms with Crippen LogP contribution in [0, 0.1) is 5.92 Å². The maximum Gasteiger partial charge on any atom is 0.151 e. The van der Waals surface area contributed by atoms with E-state index in [2.05, 4.69) is 6.92 Å². The van der Waals surface area contributed by atoms with Crippen molar-refractivity contribution in [2.75, 3.05) is 6.26 Å². The van der Waals surface area contributed by atoms with Crippen LogP contribution < -0.4 is 5.73 Å². The van der Waals surface area contributed by atoms with Crippen LogP contribution in [0.15, 0.2) is 24.3 Å². The molecule has 0 unspecified atom stereocenters. The molecule has 1 aromatic rings. The van der Waals surface area contributed by atoms with E-state index in [-0.39, 0.29) is 11.8 Å². The fourth-order valence-corrected chi connectivity index (χ4v) is 4.52. The molecule has 3 nitrogen and oxygen atoms in total. The maximum absolute atomic E-state index is 11.7. The molecular formula is C13H17NO2S2. The first kappa shape index (κ1) is 13.5. The summed E-state index contributed by atoms with van der Waals surface area (Å²) < 4.78 is 23.4. The van der Waals surface area contributed by atoms with Gasteiger partial charge in [0.2, 0.25) is 0 Å². The molecule has 1 aliphatic carbocycles. The van der Waals surface area contributed by atoms with Crippen LogP contribution in [-0.2, 0) is 16.3 Å². The molecule has 2 rings (SSSR count). The smallest absolute Gasteiger partial charge is 0.151 e. The van der Waals surface area contributed by atoms with Crippen molar-refractivity contribution in [3.8, 4) is 0 Å². The second kappa shape index (κ2) is 4.63. The summed E-state index contributed by atoms with van der Waals surface area (Å²) in [5.74, 6) is -0.272. The van der Waals surface area contributed by atoms with Gasteiger partial charge < -0.3 is 5.73 Å². The third kappa shape index (κ3) is 2.42. The predicted molar refractivity (Wildman–Crippen MR) is 77.5 cm³/mol. The lowest BCUT2D eigenvalue weighted by Gasteiger charge is -2.01. The lowest BCUT2D eigenvalue weighted by atomic mass is 10.1. The zero-order valence-corrected chi connectivity index (χ0v) is 12.1. The van der Waals surface area contributed by atoms with Crippen LogP contribution in [0.4, 0.5) is 0 Å². The number of hydrogen-bond donors (Lipinski definition) is 1. The minimum atomic E-state index is -3.10. The first-order chi connectivity index (χ1) is 8.36. The highest BCUT2D eigenvalue weighted by Crippen LogP contribution is 2.52. The Labute approximate surface area is 113 Å². The molecule has 18 heavy (non-hydrogen) atoms. The lowest BCUT2D eigenvalue weighted by molar-refractivity contribution is 0.599. The van der Waals surface area contributed by atoms with Gasteiger partial charge in [-0.15, -0.1) is 0 Å². The van der Waals surface area contributed by atoms with Gasteiger partial charge in [0.1, 0.15) is 0 Å². The van der Waals surface area contributed by atoms with Crippen molar-refractivity contribution in [2.45, 2.75) is 24.5 Å². The maximum atomic E-state index is 11.7. The minimum Gasteiger partial charge on any atom is -0.393 e. The summed E-state index contributed by atoms with van der Waals surface area (Å²) >= 11 is 4.97. The van der Waals surface area contributed by atoms with Crippen LogP contribution in [0.25, 0.3) is 0 Å². The summed E-state index contributed by atoms with van der Waals surface area (Å²) in [5, 5.41) is -0.442. The second-order valence-electron chi connectivity index (χ2n) is 4.84. The van der Waals surface area contributed by atoms with E-state index in [0.29, 0.717) is 4.99 Å². The number of aryl methyl sites for hydroxylation is 1. The van der Waals surface area contributed by atoms with Crippen molar-refractivity contribution in [2.24, 2.45) is 11.7 Å². The van der Waals surface area contributed by atoms with Gasteiger partial charge in [-0.1, -0.05) is 43.4 Å². The van der Waals surface area contributed by atoms with E-state index in [0.717, 1.165) is 12.0 Å². The third-order valence-corrected chi connectivity index (χ3v) is 5.40. The normalized spacial score (nSPS) is 26.9. The SMILES string of the molecule is CCc1ccc([C@@H]2[C@@H](C(N)=S)[C@H]2S(C)(=O)=O)cc1. The van der Waals surface area contributed by atoms with Gasteiger partial charge in [-0.2, -0.15) is 0 Å². The Kier molecular flexibility index (Phi) is 3.47. The van der Waals surface area contributed by atoms with Crippen LogP contribution in [0.5, 0.6) is 0 Å². The number of nitrogens with two attached hydrogens (primary N) is 1. The molecule has 5 heteroatoms. The quantitative estimate of drug-likeness (QED) is 0.854. The summed E-state index contributed by atoms with van der Waals surface area (Å²) in [6.07, 6.45) is 2.22. The van der Waals surface area contributed by atoms with Crippen LogP contribution in [0.2, 0.25) is 0 Å². The van der Waals surface area contributed by atoms with E-state index in [1.807, 2.05) is 24.3 Å². The van der Waals surface area contributed by atoms with Gasteiger partial charge in [-0.25, -0.2) is 8.42 Å². The number of rotatable bonds is 4. The lowest BCUT2D eigenvalue weighted by Crippen LogP contribution is -2.16. The predicted octanol–water partition coefficient (Wildman–Crippen LogP) is 1.66. The summed E-state index contributed by atoms with van der Waals surface area (Å²) in [6.45, 7) is 2.09. The molecule has 0 aliphatic heterocycles. The van der Waals surface area contributed by atoms with E-state index >= 15 is 0 Å². The highest BCUT2D eigenvalue weighted by atomic mass is 32.2. The molecule has 0 heterocycles. The molecule has 2 N–H and O–H groups in total. The molecule has 98 valence electrons. The van der Waals surface area contributed by atoms with Gasteiger partial charge in [0.05, 0.1) is 10.2 Å². The molecule has 0 spiro atoms. The van der Waals surface area contributed by atoms with E-state index in [1.54, 1.807) is 0 Å². The summed E-state index contributed by atoms with van der Waals surface area (Å²) in [4.78, 5) is 0.301. The van der Waals surface area contributed by atoms with Crippen LogP contribution in [0.1, 0.15) is 24.0 Å². The summed E-state index contributed by atoms with van der Waals surface area (Å²) in [7, 11) is -3.10. The zero-order valence-electron chi connectivity index (χ0n) is 10.5. The first-order valence-corrected chi connectivity index (χ1v) is 8.29. The average Bonchev–Trinajstić information content (AvgIpc) is 3.04.